The van der Waals surface area contributed by atoms with E-state index in [-0.39, 0.29) is 6.04 Å². The van der Waals surface area contributed by atoms with Gasteiger partial charge in [-0.25, -0.2) is 4.79 Å². The van der Waals surface area contributed by atoms with Crippen LogP contribution in [0.1, 0.15) is 30.4 Å². The molecular weight excluding hydrogens is 214 g/mol. The smallest absolute Gasteiger partial charge is 0.326 e. The maximum absolute atomic E-state index is 11.3. The number of carboxylic acid groups (broad SMARTS) is 1. The topological polar surface area (TPSA) is 40.5 Å². The minimum atomic E-state index is -0.679. The second-order valence-electron chi connectivity index (χ2n) is 5.10. The number of carbonyl (C=O) groups is 1. The number of carboxylic acids is 1. The summed E-state index contributed by atoms with van der Waals surface area (Å²) in [6, 6.07) is 6.35. The molecule has 2 aliphatic heterocycles. The van der Waals surface area contributed by atoms with Gasteiger partial charge in [0.25, 0.3) is 0 Å². The van der Waals surface area contributed by atoms with Gasteiger partial charge in [0.05, 0.1) is 0 Å². The minimum absolute atomic E-state index is 0.319. The van der Waals surface area contributed by atoms with Crippen LogP contribution < -0.4 is 4.90 Å². The van der Waals surface area contributed by atoms with Crippen molar-refractivity contribution in [2.45, 2.75) is 44.7 Å². The highest BCUT2D eigenvalue weighted by Gasteiger charge is 2.40. The van der Waals surface area contributed by atoms with E-state index in [0.29, 0.717) is 6.04 Å². The zero-order valence-corrected chi connectivity index (χ0v) is 10.0. The minimum Gasteiger partial charge on any atom is -0.480 e. The van der Waals surface area contributed by atoms with Gasteiger partial charge in [0.1, 0.15) is 6.04 Å². The summed E-state index contributed by atoms with van der Waals surface area (Å²) in [7, 11) is 0. The number of anilines is 1. The number of aryl methyl sites for hydroxylation is 1. The fraction of sp³-hybridized carbons (Fsp3) is 0.500. The van der Waals surface area contributed by atoms with E-state index in [1.807, 2.05) is 6.07 Å². The molecule has 3 nitrogen and oxygen atoms in total. The quantitative estimate of drug-likeness (QED) is 0.806. The molecule has 0 aliphatic carbocycles. The SMILES string of the molecule is Cc1cccc2c1CCC1CCC(C(=O)O)N21. The van der Waals surface area contributed by atoms with Crippen molar-refractivity contribution < 1.29 is 9.90 Å². The van der Waals surface area contributed by atoms with Crippen LogP contribution in [-0.2, 0) is 11.2 Å². The van der Waals surface area contributed by atoms with Gasteiger partial charge < -0.3 is 10.0 Å². The molecule has 1 N–H and O–H groups in total. The van der Waals surface area contributed by atoms with Crippen molar-refractivity contribution in [2.75, 3.05) is 4.90 Å². The van der Waals surface area contributed by atoms with Crippen LogP contribution in [0.5, 0.6) is 0 Å². The highest BCUT2D eigenvalue weighted by Crippen LogP contribution is 2.40. The Bertz CT molecular complexity index is 469. The van der Waals surface area contributed by atoms with E-state index < -0.39 is 5.97 Å². The van der Waals surface area contributed by atoms with E-state index in [0.717, 1.165) is 31.4 Å². The molecule has 0 aromatic heterocycles. The van der Waals surface area contributed by atoms with Crippen LogP contribution in [0, 0.1) is 6.92 Å². The van der Waals surface area contributed by atoms with Crippen LogP contribution in [0.3, 0.4) is 0 Å². The lowest BCUT2D eigenvalue weighted by Crippen LogP contribution is -2.43. The lowest BCUT2D eigenvalue weighted by molar-refractivity contribution is -0.138. The maximum atomic E-state index is 11.3. The molecule has 2 atom stereocenters. The lowest BCUT2D eigenvalue weighted by Gasteiger charge is -2.37. The number of hydrogen-bond acceptors (Lipinski definition) is 2. The Hall–Kier alpha value is -1.51. The molecule has 1 saturated heterocycles. The largest absolute Gasteiger partial charge is 0.480 e. The second kappa shape index (κ2) is 3.76. The van der Waals surface area contributed by atoms with Gasteiger partial charge in [0.2, 0.25) is 0 Å². The molecule has 0 bridgehead atoms. The zero-order valence-electron chi connectivity index (χ0n) is 10.0. The Kier molecular flexibility index (Phi) is 2.35. The second-order valence-corrected chi connectivity index (χ2v) is 5.10. The van der Waals surface area contributed by atoms with Crippen LogP contribution in [0.4, 0.5) is 5.69 Å². The number of benzene rings is 1. The number of aliphatic carboxylic acids is 1. The van der Waals surface area contributed by atoms with Crippen LogP contribution in [-0.4, -0.2) is 23.2 Å². The van der Waals surface area contributed by atoms with Gasteiger partial charge in [0, 0.05) is 11.7 Å². The van der Waals surface area contributed by atoms with E-state index in [1.54, 1.807) is 0 Å². The van der Waals surface area contributed by atoms with Crippen molar-refractivity contribution in [2.24, 2.45) is 0 Å². The Labute approximate surface area is 101 Å². The van der Waals surface area contributed by atoms with Crippen molar-refractivity contribution >= 4 is 11.7 Å². The Morgan fingerprint density at radius 2 is 2.18 bits per heavy atom. The third-order valence-corrected chi connectivity index (χ3v) is 4.18. The van der Waals surface area contributed by atoms with Gasteiger partial charge in [-0.3, -0.25) is 0 Å². The summed E-state index contributed by atoms with van der Waals surface area (Å²) in [5.74, 6) is -0.679. The molecular formula is C14H17NO2. The van der Waals surface area contributed by atoms with Crippen LogP contribution in [0.15, 0.2) is 18.2 Å². The third-order valence-electron chi connectivity index (χ3n) is 4.18. The van der Waals surface area contributed by atoms with Crippen molar-refractivity contribution in [3.63, 3.8) is 0 Å². The third kappa shape index (κ3) is 1.53. The predicted octanol–water partition coefficient (Wildman–Crippen LogP) is 2.36. The summed E-state index contributed by atoms with van der Waals surface area (Å²) in [6.45, 7) is 2.12. The summed E-state index contributed by atoms with van der Waals surface area (Å²) in [5.41, 5.74) is 3.79. The van der Waals surface area contributed by atoms with E-state index >= 15 is 0 Å². The van der Waals surface area contributed by atoms with E-state index in [2.05, 4.69) is 24.0 Å². The van der Waals surface area contributed by atoms with Gasteiger partial charge in [-0.05, 0) is 49.8 Å². The van der Waals surface area contributed by atoms with Gasteiger partial charge in [-0.1, -0.05) is 12.1 Å². The molecule has 90 valence electrons. The van der Waals surface area contributed by atoms with Crippen molar-refractivity contribution in [3.05, 3.63) is 29.3 Å². The average Bonchev–Trinajstić information content (AvgIpc) is 2.73. The molecule has 3 rings (SSSR count). The first-order valence-electron chi connectivity index (χ1n) is 6.28. The van der Waals surface area contributed by atoms with Crippen LogP contribution >= 0.6 is 0 Å². The summed E-state index contributed by atoms with van der Waals surface area (Å²) in [4.78, 5) is 13.5. The summed E-state index contributed by atoms with van der Waals surface area (Å²) in [6.07, 6.45) is 3.99. The Morgan fingerprint density at radius 3 is 2.94 bits per heavy atom. The van der Waals surface area contributed by atoms with Crippen molar-refractivity contribution in [3.8, 4) is 0 Å². The molecule has 0 radical (unpaired) electrons. The zero-order chi connectivity index (χ0) is 12.0. The van der Waals surface area contributed by atoms with Gasteiger partial charge >= 0.3 is 5.97 Å². The molecule has 0 spiro atoms. The average molecular weight is 231 g/mol. The Balaban J connectivity index is 2.08. The van der Waals surface area contributed by atoms with E-state index in [1.165, 1.54) is 11.1 Å². The monoisotopic (exact) mass is 231 g/mol. The van der Waals surface area contributed by atoms with Crippen molar-refractivity contribution in [1.29, 1.82) is 0 Å². The fourth-order valence-electron chi connectivity index (χ4n) is 3.34. The molecule has 2 unspecified atom stereocenters. The maximum Gasteiger partial charge on any atom is 0.326 e. The number of hydrogen-bond donors (Lipinski definition) is 1. The van der Waals surface area contributed by atoms with E-state index in [4.69, 9.17) is 0 Å². The molecule has 0 saturated carbocycles. The Morgan fingerprint density at radius 1 is 1.35 bits per heavy atom. The highest BCUT2D eigenvalue weighted by atomic mass is 16.4. The highest BCUT2D eigenvalue weighted by molar-refractivity contribution is 5.80. The van der Waals surface area contributed by atoms with Gasteiger partial charge in [-0.15, -0.1) is 0 Å². The molecule has 17 heavy (non-hydrogen) atoms. The first-order chi connectivity index (χ1) is 8.18. The van der Waals surface area contributed by atoms with E-state index in [9.17, 15) is 9.90 Å². The number of fused-ring (bicyclic) bond motifs is 3. The van der Waals surface area contributed by atoms with Gasteiger partial charge in [0.15, 0.2) is 0 Å². The molecule has 0 amide bonds. The first-order valence-corrected chi connectivity index (χ1v) is 6.28. The first kappa shape index (κ1) is 10.6. The van der Waals surface area contributed by atoms with Gasteiger partial charge in [-0.2, -0.15) is 0 Å². The normalized spacial score (nSPS) is 26.5. The molecule has 2 heterocycles. The van der Waals surface area contributed by atoms with Crippen LogP contribution in [0.25, 0.3) is 0 Å². The standard InChI is InChI=1S/C14H17NO2/c1-9-3-2-4-12-11(9)7-5-10-6-8-13(14(16)17)15(10)12/h2-4,10,13H,5-8H2,1H3,(H,16,17). The summed E-state index contributed by atoms with van der Waals surface area (Å²) >= 11 is 0. The molecule has 2 aliphatic rings. The molecule has 1 fully saturated rings. The molecule has 3 heteroatoms. The van der Waals surface area contributed by atoms with Crippen molar-refractivity contribution in [1.82, 2.24) is 0 Å². The summed E-state index contributed by atoms with van der Waals surface area (Å²) < 4.78 is 0. The van der Waals surface area contributed by atoms with Crippen LogP contribution in [0.2, 0.25) is 0 Å². The number of nitrogens with zero attached hydrogens (tertiary/aromatic N) is 1. The molecule has 1 aromatic carbocycles. The lowest BCUT2D eigenvalue weighted by atomic mass is 9.93. The molecule has 1 aromatic rings. The predicted molar refractivity (Wildman–Crippen MR) is 66.4 cm³/mol. The fourth-order valence-corrected chi connectivity index (χ4v) is 3.34. The summed E-state index contributed by atoms with van der Waals surface area (Å²) in [5, 5.41) is 9.31. The number of rotatable bonds is 1.